The van der Waals surface area contributed by atoms with Crippen molar-refractivity contribution in [3.63, 3.8) is 0 Å². The van der Waals surface area contributed by atoms with Crippen molar-refractivity contribution in [3.8, 4) is 0 Å². The second-order valence-corrected chi connectivity index (χ2v) is 8.41. The van der Waals surface area contributed by atoms with Crippen molar-refractivity contribution in [2.75, 3.05) is 10.2 Å². The van der Waals surface area contributed by atoms with Crippen LogP contribution < -0.4 is 10.2 Å². The first-order valence-corrected chi connectivity index (χ1v) is 10.6. The summed E-state index contributed by atoms with van der Waals surface area (Å²) < 4.78 is 52.8. The number of rotatable bonds is 5. The van der Waals surface area contributed by atoms with Crippen molar-refractivity contribution < 1.29 is 27.2 Å². The molecule has 0 saturated heterocycles. The predicted octanol–water partition coefficient (Wildman–Crippen LogP) is 6.49. The molecule has 0 unspecified atom stereocenters. The first-order valence-electron chi connectivity index (χ1n) is 9.40. The van der Waals surface area contributed by atoms with E-state index < -0.39 is 29.4 Å². The van der Waals surface area contributed by atoms with Gasteiger partial charge in [-0.1, -0.05) is 29.4 Å². The Bertz CT molecular complexity index is 1190. The highest BCUT2D eigenvalue weighted by atomic mass is 35.5. The Morgan fingerprint density at radius 3 is 2.18 bits per heavy atom. The van der Waals surface area contributed by atoms with E-state index in [0.717, 1.165) is 30.0 Å². The highest BCUT2D eigenvalue weighted by molar-refractivity contribution is 8.04. The van der Waals surface area contributed by atoms with Crippen molar-refractivity contribution in [1.29, 1.82) is 0 Å². The molecule has 1 heterocycles. The van der Waals surface area contributed by atoms with E-state index in [1.54, 1.807) is 24.3 Å². The lowest BCUT2D eigenvalue weighted by Crippen LogP contribution is -2.32. The zero-order valence-corrected chi connectivity index (χ0v) is 18.1. The van der Waals surface area contributed by atoms with E-state index >= 15 is 0 Å². The number of amides is 2. The van der Waals surface area contributed by atoms with Crippen molar-refractivity contribution in [2.24, 2.45) is 0 Å². The second-order valence-electron chi connectivity index (χ2n) is 6.89. The van der Waals surface area contributed by atoms with E-state index in [-0.39, 0.29) is 16.3 Å². The lowest BCUT2D eigenvalue weighted by molar-refractivity contribution is -0.137. The van der Waals surface area contributed by atoms with Gasteiger partial charge >= 0.3 is 6.18 Å². The second kappa shape index (κ2) is 8.92. The highest BCUT2D eigenvalue weighted by Crippen LogP contribution is 2.39. The van der Waals surface area contributed by atoms with Gasteiger partial charge in [0.15, 0.2) is 0 Å². The molecule has 0 bridgehead atoms. The molecule has 1 N–H and O–H groups in total. The van der Waals surface area contributed by atoms with Gasteiger partial charge in [-0.15, -0.1) is 0 Å². The fraction of sp³-hybridized carbons (Fsp3) is 0.0435. The summed E-state index contributed by atoms with van der Waals surface area (Å²) in [4.78, 5) is 27.7. The largest absolute Gasteiger partial charge is 0.416 e. The van der Waals surface area contributed by atoms with Crippen molar-refractivity contribution >= 4 is 46.6 Å². The Morgan fingerprint density at radius 1 is 0.879 bits per heavy atom. The minimum Gasteiger partial charge on any atom is -0.350 e. The zero-order chi connectivity index (χ0) is 23.8. The molecule has 1 aliphatic rings. The van der Waals surface area contributed by atoms with Crippen LogP contribution >= 0.6 is 23.4 Å². The monoisotopic (exact) mass is 492 g/mol. The van der Waals surface area contributed by atoms with Gasteiger partial charge in [0.2, 0.25) is 0 Å². The summed E-state index contributed by atoms with van der Waals surface area (Å²) >= 11 is 6.86. The molecule has 0 atom stereocenters. The lowest BCUT2D eigenvalue weighted by atomic mass is 10.2. The number of hydrogen-bond donors (Lipinski definition) is 1. The third-order valence-electron chi connectivity index (χ3n) is 4.62. The third kappa shape index (κ3) is 4.89. The minimum atomic E-state index is -4.65. The van der Waals surface area contributed by atoms with Crippen molar-refractivity contribution in [3.05, 3.63) is 99.8 Å². The van der Waals surface area contributed by atoms with Crippen LogP contribution in [0.2, 0.25) is 5.02 Å². The van der Waals surface area contributed by atoms with Gasteiger partial charge in [0.25, 0.3) is 11.8 Å². The molecule has 0 saturated carbocycles. The molecular formula is C23H13ClF4N2O2S. The average Bonchev–Trinajstić information content (AvgIpc) is 3.00. The van der Waals surface area contributed by atoms with Gasteiger partial charge in [-0.3, -0.25) is 9.59 Å². The summed E-state index contributed by atoms with van der Waals surface area (Å²) in [7, 11) is 0. The maximum absolute atomic E-state index is 13.3. The molecule has 0 spiro atoms. The molecule has 0 radical (unpaired) electrons. The molecule has 168 valence electrons. The van der Waals surface area contributed by atoms with E-state index in [0.29, 0.717) is 20.5 Å². The summed E-state index contributed by atoms with van der Waals surface area (Å²) in [5, 5.41) is 3.28. The van der Waals surface area contributed by atoms with Gasteiger partial charge in [-0.25, -0.2) is 9.29 Å². The maximum atomic E-state index is 13.3. The van der Waals surface area contributed by atoms with Crippen LogP contribution in [0.3, 0.4) is 0 Å². The molecule has 0 fully saturated rings. The van der Waals surface area contributed by atoms with E-state index in [9.17, 15) is 27.2 Å². The summed E-state index contributed by atoms with van der Waals surface area (Å²) in [6.45, 7) is 0. The van der Waals surface area contributed by atoms with Crippen molar-refractivity contribution in [2.45, 2.75) is 11.1 Å². The van der Waals surface area contributed by atoms with Crippen LogP contribution in [-0.2, 0) is 15.8 Å². The molecule has 0 aliphatic carbocycles. The van der Waals surface area contributed by atoms with Gasteiger partial charge in [-0.05, 0) is 66.7 Å². The first-order chi connectivity index (χ1) is 15.6. The van der Waals surface area contributed by atoms with E-state index in [2.05, 4.69) is 5.32 Å². The number of alkyl halides is 3. The quantitative estimate of drug-likeness (QED) is 0.327. The molecule has 3 aromatic rings. The molecule has 33 heavy (non-hydrogen) atoms. The summed E-state index contributed by atoms with van der Waals surface area (Å²) in [5.74, 6) is -2.12. The number of nitrogens with zero attached hydrogens (tertiary/aromatic N) is 1. The molecule has 4 rings (SSSR count). The van der Waals surface area contributed by atoms with Gasteiger partial charge in [0.05, 0.1) is 11.3 Å². The number of halogens is 5. The van der Waals surface area contributed by atoms with Crippen LogP contribution in [0.1, 0.15) is 5.56 Å². The van der Waals surface area contributed by atoms with Crippen LogP contribution in [0, 0.1) is 5.82 Å². The highest BCUT2D eigenvalue weighted by Gasteiger charge is 2.41. The Kier molecular flexibility index (Phi) is 6.18. The summed E-state index contributed by atoms with van der Waals surface area (Å²) in [5.41, 5.74) is -1.02. The molecular weight excluding hydrogens is 480 g/mol. The number of anilines is 2. The van der Waals surface area contributed by atoms with Gasteiger partial charge < -0.3 is 5.32 Å². The Hall–Kier alpha value is -3.30. The fourth-order valence-electron chi connectivity index (χ4n) is 3.07. The van der Waals surface area contributed by atoms with E-state index in [1.807, 2.05) is 0 Å². The predicted molar refractivity (Wildman–Crippen MR) is 118 cm³/mol. The zero-order valence-electron chi connectivity index (χ0n) is 16.5. The Balaban J connectivity index is 1.75. The first kappa shape index (κ1) is 22.9. The maximum Gasteiger partial charge on any atom is 0.416 e. The standard InChI is InChI=1S/C23H13ClF4N2O2S/c24-14-4-10-18(11-5-14)33-20-19(29-16-8-6-15(25)7-9-16)21(31)30(22(20)32)17-3-1-2-13(12-17)23(26,27)28/h1-12,29H. The molecule has 4 nitrogen and oxygen atoms in total. The number of hydrogen-bond acceptors (Lipinski definition) is 4. The van der Waals surface area contributed by atoms with E-state index in [4.69, 9.17) is 11.6 Å². The SMILES string of the molecule is O=C1C(Nc2ccc(F)cc2)=C(Sc2ccc(Cl)cc2)C(=O)N1c1cccc(C(F)(F)F)c1. The van der Waals surface area contributed by atoms with Crippen LogP contribution in [0.5, 0.6) is 0 Å². The smallest absolute Gasteiger partial charge is 0.350 e. The molecule has 0 aromatic heterocycles. The number of carbonyl (C=O) groups is 2. The number of benzene rings is 3. The van der Waals surface area contributed by atoms with E-state index in [1.165, 1.54) is 30.3 Å². The van der Waals surface area contributed by atoms with Crippen LogP contribution in [0.25, 0.3) is 0 Å². The Morgan fingerprint density at radius 2 is 1.55 bits per heavy atom. The molecule has 3 aromatic carbocycles. The van der Waals surface area contributed by atoms with Crippen molar-refractivity contribution in [1.82, 2.24) is 0 Å². The average molecular weight is 493 g/mol. The fourth-order valence-corrected chi connectivity index (χ4v) is 4.12. The summed E-state index contributed by atoms with van der Waals surface area (Å²) in [6, 6.07) is 15.5. The van der Waals surface area contributed by atoms with Crippen LogP contribution in [0.15, 0.2) is 88.3 Å². The van der Waals surface area contributed by atoms with Gasteiger partial charge in [0, 0.05) is 15.6 Å². The third-order valence-corrected chi connectivity index (χ3v) is 5.96. The number of imide groups is 1. The lowest BCUT2D eigenvalue weighted by Gasteiger charge is -2.17. The van der Waals surface area contributed by atoms with Gasteiger partial charge in [-0.2, -0.15) is 13.2 Å². The van der Waals surface area contributed by atoms with Crippen LogP contribution in [-0.4, -0.2) is 11.8 Å². The topological polar surface area (TPSA) is 49.4 Å². The van der Waals surface area contributed by atoms with Crippen LogP contribution in [0.4, 0.5) is 28.9 Å². The van der Waals surface area contributed by atoms with Gasteiger partial charge in [0.1, 0.15) is 16.4 Å². The Labute approximate surface area is 194 Å². The molecule has 1 aliphatic heterocycles. The summed E-state index contributed by atoms with van der Waals surface area (Å²) in [6.07, 6.45) is -4.65. The molecule has 2 amide bonds. The number of nitrogens with one attached hydrogen (secondary N) is 1. The normalized spacial score (nSPS) is 14.3. The number of thioether (sulfide) groups is 1. The minimum absolute atomic E-state index is 0.0240. The molecule has 10 heteroatoms. The number of carbonyl (C=O) groups excluding carboxylic acids is 2.